The number of hydrogen-bond acceptors (Lipinski definition) is 4. The Bertz CT molecular complexity index is 598. The number of hydrogen-bond donors (Lipinski definition) is 1. The minimum Gasteiger partial charge on any atom is -0.367 e. The van der Waals surface area contributed by atoms with Crippen molar-refractivity contribution in [3.63, 3.8) is 0 Å². The van der Waals surface area contributed by atoms with Gasteiger partial charge in [-0.05, 0) is 37.4 Å². The third kappa shape index (κ3) is 2.81. The van der Waals surface area contributed by atoms with Crippen molar-refractivity contribution in [2.75, 3.05) is 23.5 Å². The highest BCUT2D eigenvalue weighted by Gasteiger charge is 2.42. The van der Waals surface area contributed by atoms with Gasteiger partial charge >= 0.3 is 0 Å². The normalized spacial score (nSPS) is 27.7. The molecule has 126 valence electrons. The number of nitrogens with one attached hydrogen (secondary N) is 1. The van der Waals surface area contributed by atoms with Crippen molar-refractivity contribution >= 4 is 23.5 Å². The summed E-state index contributed by atoms with van der Waals surface area (Å²) in [6, 6.07) is -0.908. The Morgan fingerprint density at radius 3 is 2.91 bits per heavy atom. The van der Waals surface area contributed by atoms with Crippen LogP contribution < -0.4 is 5.32 Å². The van der Waals surface area contributed by atoms with Gasteiger partial charge in [0.1, 0.15) is 17.4 Å². The molecule has 1 amide bonds. The van der Waals surface area contributed by atoms with Crippen molar-refractivity contribution in [3.8, 4) is 0 Å². The van der Waals surface area contributed by atoms with E-state index in [-0.39, 0.29) is 11.9 Å². The molecule has 2 aliphatic heterocycles. The van der Waals surface area contributed by atoms with E-state index < -0.39 is 12.5 Å². The van der Waals surface area contributed by atoms with Crippen LogP contribution in [0.1, 0.15) is 42.1 Å². The maximum absolute atomic E-state index is 13.4. The lowest BCUT2D eigenvalue weighted by Crippen LogP contribution is -2.39. The average molecular weight is 342 g/mol. The highest BCUT2D eigenvalue weighted by atomic mass is 32.2. The van der Waals surface area contributed by atoms with Crippen LogP contribution in [-0.4, -0.2) is 51.2 Å². The van der Waals surface area contributed by atoms with Crippen molar-refractivity contribution in [1.82, 2.24) is 14.7 Å². The zero-order valence-electron chi connectivity index (χ0n) is 12.8. The summed E-state index contributed by atoms with van der Waals surface area (Å²) in [4.78, 5) is 14.5. The second kappa shape index (κ2) is 5.96. The fourth-order valence-electron chi connectivity index (χ4n) is 3.45. The maximum Gasteiger partial charge on any atom is 0.260 e. The predicted octanol–water partition coefficient (Wildman–Crippen LogP) is 2.82. The lowest BCUT2D eigenvalue weighted by atomic mass is 10.00. The van der Waals surface area contributed by atoms with Crippen molar-refractivity contribution < 1.29 is 13.6 Å². The number of alkyl halides is 2. The molecule has 2 fully saturated rings. The summed E-state index contributed by atoms with van der Waals surface area (Å²) >= 11 is 1.72. The molecule has 4 rings (SSSR count). The van der Waals surface area contributed by atoms with Crippen LogP contribution in [0.15, 0.2) is 6.20 Å². The highest BCUT2D eigenvalue weighted by Crippen LogP contribution is 2.43. The Balaban J connectivity index is 1.63. The molecule has 0 bridgehead atoms. The number of fused-ring (bicyclic) bond motifs is 1. The number of aromatic nitrogens is 2. The fourth-order valence-corrected chi connectivity index (χ4v) is 4.38. The molecule has 1 saturated heterocycles. The molecule has 1 aliphatic carbocycles. The van der Waals surface area contributed by atoms with Gasteiger partial charge in [0, 0.05) is 12.6 Å². The van der Waals surface area contributed by atoms with Crippen LogP contribution in [0.5, 0.6) is 0 Å². The summed E-state index contributed by atoms with van der Waals surface area (Å²) in [5.74, 6) is 2.56. The van der Waals surface area contributed by atoms with Gasteiger partial charge in [0.25, 0.3) is 12.3 Å². The molecule has 23 heavy (non-hydrogen) atoms. The average Bonchev–Trinajstić information content (AvgIpc) is 3.33. The summed E-state index contributed by atoms with van der Waals surface area (Å²) in [5.41, 5.74) is 0.434. The molecule has 1 saturated carbocycles. The summed E-state index contributed by atoms with van der Waals surface area (Å²) in [6.07, 6.45) is 2.49. The monoisotopic (exact) mass is 342 g/mol. The minimum atomic E-state index is -2.47. The van der Waals surface area contributed by atoms with Gasteiger partial charge in [-0.25, -0.2) is 13.5 Å². The molecule has 0 aromatic carbocycles. The van der Waals surface area contributed by atoms with Crippen molar-refractivity contribution in [1.29, 1.82) is 0 Å². The van der Waals surface area contributed by atoms with E-state index in [1.807, 2.05) is 0 Å². The van der Waals surface area contributed by atoms with E-state index in [1.165, 1.54) is 10.9 Å². The fraction of sp³-hybridized carbons (Fsp3) is 0.733. The van der Waals surface area contributed by atoms with Crippen LogP contribution in [0.4, 0.5) is 14.6 Å². The first-order chi connectivity index (χ1) is 11.1. The third-order valence-electron chi connectivity index (χ3n) is 4.89. The molecule has 1 aromatic rings. The number of amides is 1. The second-order valence-corrected chi connectivity index (χ2v) is 7.61. The molecule has 3 aliphatic rings. The molecular formula is C15H20F2N4OS. The molecular weight excluding hydrogens is 322 g/mol. The van der Waals surface area contributed by atoms with Crippen molar-refractivity contribution in [3.05, 3.63) is 11.8 Å². The lowest BCUT2D eigenvalue weighted by Gasteiger charge is -2.33. The summed E-state index contributed by atoms with van der Waals surface area (Å²) in [6.45, 7) is 0.723. The van der Waals surface area contributed by atoms with Gasteiger partial charge in [0.15, 0.2) is 0 Å². The second-order valence-electron chi connectivity index (χ2n) is 6.54. The lowest BCUT2D eigenvalue weighted by molar-refractivity contribution is 0.0641. The SMILES string of the molecule is O=C(c1cnn2c1N[C@@H](C1CC1)C[C@H]2C(F)F)N1CCCSC1. The first kappa shape index (κ1) is 15.2. The minimum absolute atomic E-state index is 0.0282. The van der Waals surface area contributed by atoms with Gasteiger partial charge in [-0.1, -0.05) is 0 Å². The molecule has 0 unspecified atom stereocenters. The Hall–Kier alpha value is -1.31. The van der Waals surface area contributed by atoms with Crippen LogP contribution in [0.3, 0.4) is 0 Å². The molecule has 5 nitrogen and oxygen atoms in total. The molecule has 1 N–H and O–H groups in total. The zero-order valence-corrected chi connectivity index (χ0v) is 13.6. The van der Waals surface area contributed by atoms with Gasteiger partial charge < -0.3 is 10.2 Å². The van der Waals surface area contributed by atoms with E-state index in [0.717, 1.165) is 31.6 Å². The Morgan fingerprint density at radius 2 is 2.26 bits per heavy atom. The largest absolute Gasteiger partial charge is 0.367 e. The number of anilines is 1. The molecule has 1 aromatic heterocycles. The zero-order chi connectivity index (χ0) is 16.0. The summed E-state index contributed by atoms with van der Waals surface area (Å²) < 4.78 is 28.2. The number of thioether (sulfide) groups is 1. The predicted molar refractivity (Wildman–Crippen MR) is 85.0 cm³/mol. The van der Waals surface area contributed by atoms with Crippen LogP contribution in [0, 0.1) is 5.92 Å². The molecule has 3 heterocycles. The van der Waals surface area contributed by atoms with E-state index in [1.54, 1.807) is 16.7 Å². The number of carbonyl (C=O) groups is 1. The van der Waals surface area contributed by atoms with Crippen LogP contribution in [0.2, 0.25) is 0 Å². The van der Waals surface area contributed by atoms with E-state index >= 15 is 0 Å². The smallest absolute Gasteiger partial charge is 0.260 e. The van der Waals surface area contributed by atoms with Gasteiger partial charge in [0.2, 0.25) is 0 Å². The van der Waals surface area contributed by atoms with Crippen LogP contribution in [0.25, 0.3) is 0 Å². The van der Waals surface area contributed by atoms with E-state index in [4.69, 9.17) is 0 Å². The Labute approximate surface area is 137 Å². The first-order valence-corrected chi connectivity index (χ1v) is 9.30. The van der Waals surface area contributed by atoms with Gasteiger partial charge in [-0.3, -0.25) is 4.79 Å². The van der Waals surface area contributed by atoms with E-state index in [0.29, 0.717) is 29.6 Å². The number of rotatable bonds is 3. The highest BCUT2D eigenvalue weighted by molar-refractivity contribution is 7.99. The topological polar surface area (TPSA) is 50.2 Å². The number of carbonyl (C=O) groups excluding carboxylic acids is 1. The van der Waals surface area contributed by atoms with E-state index in [9.17, 15) is 13.6 Å². The van der Waals surface area contributed by atoms with Crippen LogP contribution >= 0.6 is 11.8 Å². The summed E-state index contributed by atoms with van der Waals surface area (Å²) in [5, 5.41) is 7.43. The van der Waals surface area contributed by atoms with Gasteiger partial charge in [-0.2, -0.15) is 5.10 Å². The number of nitrogens with zero attached hydrogens (tertiary/aromatic N) is 3. The molecule has 0 spiro atoms. The van der Waals surface area contributed by atoms with Crippen molar-refractivity contribution in [2.24, 2.45) is 5.92 Å². The first-order valence-electron chi connectivity index (χ1n) is 8.14. The molecule has 0 radical (unpaired) electrons. The summed E-state index contributed by atoms with van der Waals surface area (Å²) in [7, 11) is 0. The van der Waals surface area contributed by atoms with E-state index in [2.05, 4.69) is 10.4 Å². The van der Waals surface area contributed by atoms with Gasteiger partial charge in [-0.15, -0.1) is 11.8 Å². The standard InChI is InChI=1S/C15H20F2N4OS/c16-13(17)12-6-11(9-2-3-9)19-14-10(7-18-21(12)14)15(22)20-4-1-5-23-8-20/h7,9,11-13,19H,1-6,8H2/t11-,12+/m1/s1. The number of halogens is 2. The maximum atomic E-state index is 13.4. The van der Waals surface area contributed by atoms with Crippen LogP contribution in [-0.2, 0) is 0 Å². The van der Waals surface area contributed by atoms with Crippen molar-refractivity contribution in [2.45, 2.75) is 44.2 Å². The molecule has 8 heteroatoms. The Morgan fingerprint density at radius 1 is 1.43 bits per heavy atom. The third-order valence-corrected chi connectivity index (χ3v) is 5.96. The Kier molecular flexibility index (Phi) is 3.95. The quantitative estimate of drug-likeness (QED) is 0.918. The van der Waals surface area contributed by atoms with Gasteiger partial charge in [0.05, 0.1) is 12.1 Å². The molecule has 2 atom stereocenters.